The maximum absolute atomic E-state index is 11.5. The van der Waals surface area contributed by atoms with Crippen LogP contribution in [0.5, 0.6) is 0 Å². The lowest BCUT2D eigenvalue weighted by Gasteiger charge is -2.06. The van der Waals surface area contributed by atoms with Gasteiger partial charge in [0, 0.05) is 24.4 Å². The average molecular weight is 271 g/mol. The van der Waals surface area contributed by atoms with E-state index in [9.17, 15) is 9.59 Å². The molecule has 0 heterocycles. The van der Waals surface area contributed by atoms with Gasteiger partial charge in [-0.2, -0.15) is 0 Å². The molecule has 18 heavy (non-hydrogen) atoms. The minimum atomic E-state index is -0.368. The number of hydrogen-bond donors (Lipinski definition) is 2. The Bertz CT molecular complexity index is 406. The number of halogens is 1. The lowest BCUT2D eigenvalue weighted by molar-refractivity contribution is -0.126. The molecule has 0 fully saturated rings. The zero-order valence-corrected chi connectivity index (χ0v) is 10.8. The zero-order chi connectivity index (χ0) is 13.4. The highest BCUT2D eigenvalue weighted by molar-refractivity contribution is 6.30. The van der Waals surface area contributed by atoms with Gasteiger partial charge in [0.2, 0.25) is 11.8 Å². The summed E-state index contributed by atoms with van der Waals surface area (Å²) in [4.78, 5) is 22.8. The molecular weight excluding hydrogens is 256 g/mol. The lowest BCUT2D eigenvalue weighted by Crippen LogP contribution is -2.30. The summed E-state index contributed by atoms with van der Waals surface area (Å²) >= 11 is 5.71. The fourth-order valence-corrected chi connectivity index (χ4v) is 1.37. The third-order valence-corrected chi connectivity index (χ3v) is 2.33. The maximum atomic E-state index is 11.5. The quantitative estimate of drug-likeness (QED) is 0.607. The van der Waals surface area contributed by atoms with Crippen molar-refractivity contribution in [3.05, 3.63) is 29.3 Å². The van der Waals surface area contributed by atoms with E-state index in [1.54, 1.807) is 31.4 Å². The predicted molar refractivity (Wildman–Crippen MR) is 69.6 cm³/mol. The van der Waals surface area contributed by atoms with Crippen LogP contribution in [0.25, 0.3) is 0 Å². The molecule has 0 radical (unpaired) electrons. The largest absolute Gasteiger partial charge is 0.383 e. The van der Waals surface area contributed by atoms with E-state index in [2.05, 4.69) is 10.6 Å². The fourth-order valence-electron chi connectivity index (χ4n) is 1.24. The second-order valence-electron chi connectivity index (χ2n) is 3.57. The third-order valence-electron chi connectivity index (χ3n) is 2.08. The summed E-state index contributed by atoms with van der Waals surface area (Å²) in [6, 6.07) is 6.66. The van der Waals surface area contributed by atoms with Gasteiger partial charge >= 0.3 is 0 Å². The molecule has 2 N–H and O–H groups in total. The van der Waals surface area contributed by atoms with Gasteiger partial charge in [-0.1, -0.05) is 11.6 Å². The number of amides is 2. The topological polar surface area (TPSA) is 67.4 Å². The SMILES string of the molecule is COCCNC(=O)CC(=O)Nc1ccc(Cl)cc1. The third kappa shape index (κ3) is 5.65. The molecule has 0 saturated carbocycles. The number of hydrogen-bond acceptors (Lipinski definition) is 3. The molecule has 0 aliphatic carbocycles. The molecule has 1 aromatic carbocycles. The molecular formula is C12H15ClN2O3. The zero-order valence-electron chi connectivity index (χ0n) is 10.0. The minimum absolute atomic E-state index is 0.216. The van der Waals surface area contributed by atoms with Gasteiger partial charge in [-0.15, -0.1) is 0 Å². The van der Waals surface area contributed by atoms with Gasteiger partial charge in [-0.3, -0.25) is 9.59 Å². The first-order valence-electron chi connectivity index (χ1n) is 5.43. The van der Waals surface area contributed by atoms with Crippen molar-refractivity contribution >= 4 is 29.1 Å². The van der Waals surface area contributed by atoms with Crippen molar-refractivity contribution in [1.29, 1.82) is 0 Å². The number of ether oxygens (including phenoxy) is 1. The van der Waals surface area contributed by atoms with Gasteiger partial charge in [-0.25, -0.2) is 0 Å². The van der Waals surface area contributed by atoms with E-state index in [0.29, 0.717) is 23.9 Å². The molecule has 5 nitrogen and oxygen atoms in total. The Hall–Kier alpha value is -1.59. The molecule has 0 saturated heterocycles. The van der Waals surface area contributed by atoms with E-state index in [1.807, 2.05) is 0 Å². The van der Waals surface area contributed by atoms with Crippen LogP contribution < -0.4 is 10.6 Å². The van der Waals surface area contributed by atoms with E-state index < -0.39 is 0 Å². The Morgan fingerprint density at radius 2 is 1.89 bits per heavy atom. The molecule has 0 bridgehead atoms. The van der Waals surface area contributed by atoms with Crippen LogP contribution in [0.1, 0.15) is 6.42 Å². The summed E-state index contributed by atoms with van der Waals surface area (Å²) in [5.74, 6) is -0.703. The van der Waals surface area contributed by atoms with Crippen molar-refractivity contribution in [1.82, 2.24) is 5.32 Å². The van der Waals surface area contributed by atoms with Crippen LogP contribution in [0.4, 0.5) is 5.69 Å². The monoisotopic (exact) mass is 270 g/mol. The first kappa shape index (κ1) is 14.5. The Morgan fingerprint density at radius 3 is 2.50 bits per heavy atom. The standard InChI is InChI=1S/C12H15ClN2O3/c1-18-7-6-14-11(16)8-12(17)15-10-4-2-9(13)3-5-10/h2-5H,6-8H2,1H3,(H,14,16)(H,15,17). The van der Waals surface area contributed by atoms with Crippen LogP contribution in [0.15, 0.2) is 24.3 Å². The van der Waals surface area contributed by atoms with Gasteiger partial charge in [0.25, 0.3) is 0 Å². The summed E-state index contributed by atoms with van der Waals surface area (Å²) in [6.07, 6.45) is -0.216. The summed E-state index contributed by atoms with van der Waals surface area (Å²) in [5, 5.41) is 5.75. The smallest absolute Gasteiger partial charge is 0.233 e. The molecule has 2 amide bonds. The van der Waals surface area contributed by atoms with Crippen LogP contribution in [-0.2, 0) is 14.3 Å². The van der Waals surface area contributed by atoms with Gasteiger partial charge in [-0.05, 0) is 24.3 Å². The molecule has 0 aliphatic rings. The van der Waals surface area contributed by atoms with Crippen LogP contribution in [0.2, 0.25) is 5.02 Å². The second kappa shape index (κ2) is 7.68. The molecule has 0 unspecified atom stereocenters. The Labute approximate surface area is 110 Å². The number of nitrogens with one attached hydrogen (secondary N) is 2. The Morgan fingerprint density at radius 1 is 1.22 bits per heavy atom. The second-order valence-corrected chi connectivity index (χ2v) is 4.01. The number of carbonyl (C=O) groups excluding carboxylic acids is 2. The average Bonchev–Trinajstić information content (AvgIpc) is 2.32. The summed E-state index contributed by atoms with van der Waals surface area (Å²) in [6.45, 7) is 0.814. The number of benzene rings is 1. The Kier molecular flexibility index (Phi) is 6.18. The Balaban J connectivity index is 2.32. The predicted octanol–water partition coefficient (Wildman–Crippen LogP) is 1.43. The summed E-state index contributed by atoms with van der Waals surface area (Å²) in [7, 11) is 1.54. The van der Waals surface area contributed by atoms with E-state index in [4.69, 9.17) is 16.3 Å². The van der Waals surface area contributed by atoms with Crippen LogP contribution in [0.3, 0.4) is 0 Å². The van der Waals surface area contributed by atoms with Crippen molar-refractivity contribution < 1.29 is 14.3 Å². The molecule has 98 valence electrons. The lowest BCUT2D eigenvalue weighted by atomic mass is 10.3. The van der Waals surface area contributed by atoms with E-state index >= 15 is 0 Å². The highest BCUT2D eigenvalue weighted by atomic mass is 35.5. The molecule has 6 heteroatoms. The molecule has 0 aliphatic heterocycles. The number of carbonyl (C=O) groups is 2. The first-order chi connectivity index (χ1) is 8.61. The fraction of sp³-hybridized carbons (Fsp3) is 0.333. The highest BCUT2D eigenvalue weighted by Crippen LogP contribution is 2.13. The maximum Gasteiger partial charge on any atom is 0.233 e. The number of rotatable bonds is 6. The van der Waals surface area contributed by atoms with E-state index in [1.165, 1.54) is 0 Å². The van der Waals surface area contributed by atoms with Gasteiger partial charge in [0.15, 0.2) is 0 Å². The molecule has 1 rings (SSSR count). The van der Waals surface area contributed by atoms with Gasteiger partial charge < -0.3 is 15.4 Å². The highest BCUT2D eigenvalue weighted by Gasteiger charge is 2.08. The van der Waals surface area contributed by atoms with Gasteiger partial charge in [0.05, 0.1) is 6.61 Å². The van der Waals surface area contributed by atoms with E-state index in [0.717, 1.165) is 0 Å². The van der Waals surface area contributed by atoms with Crippen molar-refractivity contribution in [2.45, 2.75) is 6.42 Å². The van der Waals surface area contributed by atoms with Gasteiger partial charge in [0.1, 0.15) is 6.42 Å². The van der Waals surface area contributed by atoms with E-state index in [-0.39, 0.29) is 18.2 Å². The molecule has 0 spiro atoms. The molecule has 0 atom stereocenters. The van der Waals surface area contributed by atoms with Crippen LogP contribution >= 0.6 is 11.6 Å². The van der Waals surface area contributed by atoms with Crippen molar-refractivity contribution in [3.63, 3.8) is 0 Å². The van der Waals surface area contributed by atoms with Crippen molar-refractivity contribution in [2.75, 3.05) is 25.6 Å². The minimum Gasteiger partial charge on any atom is -0.383 e. The van der Waals surface area contributed by atoms with Crippen molar-refractivity contribution in [2.24, 2.45) is 0 Å². The first-order valence-corrected chi connectivity index (χ1v) is 5.80. The summed E-state index contributed by atoms with van der Waals surface area (Å²) in [5.41, 5.74) is 0.606. The van der Waals surface area contributed by atoms with Crippen molar-refractivity contribution in [3.8, 4) is 0 Å². The van der Waals surface area contributed by atoms with Crippen LogP contribution in [-0.4, -0.2) is 32.1 Å². The summed E-state index contributed by atoms with van der Waals surface area (Å²) < 4.78 is 4.78. The number of anilines is 1. The normalized spacial score (nSPS) is 9.89. The molecule has 1 aromatic rings. The number of methoxy groups -OCH3 is 1. The van der Waals surface area contributed by atoms with Crippen LogP contribution in [0, 0.1) is 0 Å². The molecule has 0 aromatic heterocycles.